The van der Waals surface area contributed by atoms with Gasteiger partial charge in [0.1, 0.15) is 11.6 Å². The number of nitrogens with zero attached hydrogens (tertiary/aromatic N) is 4. The van der Waals surface area contributed by atoms with Gasteiger partial charge in [-0.15, -0.1) is 5.10 Å². The van der Waals surface area contributed by atoms with Crippen molar-refractivity contribution in [2.24, 2.45) is 0 Å². The van der Waals surface area contributed by atoms with Gasteiger partial charge < -0.3 is 10.2 Å². The highest BCUT2D eigenvalue weighted by Gasteiger charge is 2.16. The van der Waals surface area contributed by atoms with E-state index in [0.29, 0.717) is 11.8 Å². The Morgan fingerprint density at radius 2 is 1.95 bits per heavy atom. The van der Waals surface area contributed by atoms with Gasteiger partial charge in [-0.25, -0.2) is 8.78 Å². The Morgan fingerprint density at radius 1 is 1.15 bits per heavy atom. The summed E-state index contributed by atoms with van der Waals surface area (Å²) < 4.78 is 26.4. The predicted octanol–water partition coefficient (Wildman–Crippen LogP) is 2.49. The number of nitrogens with one attached hydrogen (secondary N) is 1. The van der Waals surface area contributed by atoms with Crippen LogP contribution in [0.5, 0.6) is 0 Å². The number of rotatable bonds is 3. The summed E-state index contributed by atoms with van der Waals surface area (Å²) >= 11 is 0. The van der Waals surface area contributed by atoms with Gasteiger partial charge in [-0.1, -0.05) is 0 Å². The van der Waals surface area contributed by atoms with Crippen LogP contribution in [0, 0.1) is 11.6 Å². The molecule has 3 rings (SSSR count). The molecule has 5 nitrogen and oxygen atoms in total. The molecule has 0 bridgehead atoms. The van der Waals surface area contributed by atoms with Gasteiger partial charge in [-0.3, -0.25) is 0 Å². The molecule has 0 aliphatic carbocycles. The maximum Gasteiger partial charge on any atom is 0.247 e. The van der Waals surface area contributed by atoms with Crippen LogP contribution in [0.25, 0.3) is 0 Å². The van der Waals surface area contributed by atoms with Crippen LogP contribution in [0.2, 0.25) is 0 Å². The van der Waals surface area contributed by atoms with Gasteiger partial charge in [0.15, 0.2) is 5.82 Å². The SMILES string of the molecule is Fc1ccc(Nc2cnnc(N3CCCC3)n2)c(F)c1. The van der Waals surface area contributed by atoms with Crippen LogP contribution in [-0.4, -0.2) is 28.3 Å². The van der Waals surface area contributed by atoms with Crippen molar-refractivity contribution in [1.82, 2.24) is 15.2 Å². The van der Waals surface area contributed by atoms with Crippen LogP contribution >= 0.6 is 0 Å². The number of halogens is 2. The zero-order valence-corrected chi connectivity index (χ0v) is 10.7. The van der Waals surface area contributed by atoms with Gasteiger partial charge in [0.25, 0.3) is 0 Å². The Labute approximate surface area is 114 Å². The summed E-state index contributed by atoms with van der Waals surface area (Å²) in [5.41, 5.74) is 0.152. The van der Waals surface area contributed by atoms with Crippen LogP contribution < -0.4 is 10.2 Å². The van der Waals surface area contributed by atoms with Crippen molar-refractivity contribution in [3.8, 4) is 0 Å². The lowest BCUT2D eigenvalue weighted by Crippen LogP contribution is -2.21. The summed E-state index contributed by atoms with van der Waals surface area (Å²) in [7, 11) is 0. The summed E-state index contributed by atoms with van der Waals surface area (Å²) in [6.07, 6.45) is 3.61. The molecular weight excluding hydrogens is 264 g/mol. The molecule has 7 heteroatoms. The van der Waals surface area contributed by atoms with Crippen LogP contribution in [-0.2, 0) is 0 Å². The van der Waals surface area contributed by atoms with Crippen LogP contribution in [0.15, 0.2) is 24.4 Å². The second-order valence-electron chi connectivity index (χ2n) is 4.58. The van der Waals surface area contributed by atoms with E-state index in [1.165, 1.54) is 18.3 Å². The van der Waals surface area contributed by atoms with Crippen molar-refractivity contribution in [3.05, 3.63) is 36.0 Å². The summed E-state index contributed by atoms with van der Waals surface area (Å²) in [6, 6.07) is 3.32. The molecule has 0 radical (unpaired) electrons. The highest BCUT2D eigenvalue weighted by atomic mass is 19.1. The van der Waals surface area contributed by atoms with Gasteiger partial charge >= 0.3 is 0 Å². The maximum atomic E-state index is 13.6. The Hall–Kier alpha value is -2.31. The minimum Gasteiger partial charge on any atom is -0.339 e. The van der Waals surface area contributed by atoms with Crippen molar-refractivity contribution in [3.63, 3.8) is 0 Å². The predicted molar refractivity (Wildman–Crippen MR) is 70.9 cm³/mol. The molecule has 1 fully saturated rings. The fourth-order valence-electron chi connectivity index (χ4n) is 2.13. The molecule has 1 aliphatic rings. The van der Waals surface area contributed by atoms with Crippen molar-refractivity contribution in [1.29, 1.82) is 0 Å². The molecule has 1 aromatic carbocycles. The molecule has 2 aromatic rings. The molecule has 0 spiro atoms. The molecule has 0 saturated carbocycles. The van der Waals surface area contributed by atoms with E-state index in [-0.39, 0.29) is 5.69 Å². The molecule has 1 N–H and O–H groups in total. The molecule has 0 amide bonds. The van der Waals surface area contributed by atoms with E-state index in [4.69, 9.17) is 0 Å². The van der Waals surface area contributed by atoms with Crippen LogP contribution in [0.1, 0.15) is 12.8 Å². The Bertz CT molecular complexity index is 613. The first-order valence-corrected chi connectivity index (χ1v) is 6.39. The average Bonchev–Trinajstić information content (AvgIpc) is 2.96. The first-order chi connectivity index (χ1) is 9.72. The third kappa shape index (κ3) is 2.66. The second kappa shape index (κ2) is 5.36. The van der Waals surface area contributed by atoms with Crippen LogP contribution in [0.4, 0.5) is 26.2 Å². The molecule has 1 aliphatic heterocycles. The maximum absolute atomic E-state index is 13.6. The normalized spacial score (nSPS) is 14.6. The van der Waals surface area contributed by atoms with E-state index in [9.17, 15) is 8.78 Å². The second-order valence-corrected chi connectivity index (χ2v) is 4.58. The van der Waals surface area contributed by atoms with E-state index in [2.05, 4.69) is 20.5 Å². The molecule has 1 saturated heterocycles. The minimum atomic E-state index is -0.675. The minimum absolute atomic E-state index is 0.152. The molecule has 1 aromatic heterocycles. The third-order valence-electron chi connectivity index (χ3n) is 3.13. The Kier molecular flexibility index (Phi) is 3.41. The highest BCUT2D eigenvalue weighted by Crippen LogP contribution is 2.21. The molecule has 0 atom stereocenters. The highest BCUT2D eigenvalue weighted by molar-refractivity contribution is 5.56. The van der Waals surface area contributed by atoms with Crippen LogP contribution in [0.3, 0.4) is 0 Å². The van der Waals surface area contributed by atoms with E-state index in [1.807, 2.05) is 4.90 Å². The van der Waals surface area contributed by atoms with E-state index in [0.717, 1.165) is 32.0 Å². The molecule has 0 unspecified atom stereocenters. The quantitative estimate of drug-likeness (QED) is 0.934. The molecule has 20 heavy (non-hydrogen) atoms. The monoisotopic (exact) mass is 277 g/mol. The third-order valence-corrected chi connectivity index (χ3v) is 3.13. The zero-order valence-electron chi connectivity index (χ0n) is 10.7. The van der Waals surface area contributed by atoms with Crippen molar-refractivity contribution >= 4 is 17.5 Å². The number of aromatic nitrogens is 3. The summed E-state index contributed by atoms with van der Waals surface area (Å²) in [5, 5.41) is 10.6. The van der Waals surface area contributed by atoms with E-state index in [1.54, 1.807) is 0 Å². The molecule has 104 valence electrons. The Balaban J connectivity index is 1.81. The van der Waals surface area contributed by atoms with E-state index < -0.39 is 11.6 Å². The lowest BCUT2D eigenvalue weighted by molar-refractivity contribution is 0.586. The summed E-state index contributed by atoms with van der Waals surface area (Å²) in [5.74, 6) is -0.389. The molecule has 2 heterocycles. The van der Waals surface area contributed by atoms with Crippen molar-refractivity contribution in [2.45, 2.75) is 12.8 Å². The lowest BCUT2D eigenvalue weighted by Gasteiger charge is -2.15. The van der Waals surface area contributed by atoms with Gasteiger partial charge in [0, 0.05) is 19.2 Å². The average molecular weight is 277 g/mol. The smallest absolute Gasteiger partial charge is 0.247 e. The van der Waals surface area contributed by atoms with Gasteiger partial charge in [-0.2, -0.15) is 10.1 Å². The van der Waals surface area contributed by atoms with Crippen molar-refractivity contribution < 1.29 is 8.78 Å². The lowest BCUT2D eigenvalue weighted by atomic mass is 10.3. The number of anilines is 3. The topological polar surface area (TPSA) is 53.9 Å². The van der Waals surface area contributed by atoms with Gasteiger partial charge in [0.05, 0.1) is 11.9 Å². The number of hydrogen-bond acceptors (Lipinski definition) is 5. The number of hydrogen-bond donors (Lipinski definition) is 1. The zero-order chi connectivity index (χ0) is 13.9. The standard InChI is InChI=1S/C13H13F2N5/c14-9-3-4-11(10(15)7-9)17-12-8-16-19-13(18-12)20-5-1-2-6-20/h3-4,7-8H,1-2,5-6H2,(H,17,18,19). The fraction of sp³-hybridized carbons (Fsp3) is 0.308. The summed E-state index contributed by atoms with van der Waals surface area (Å²) in [6.45, 7) is 1.80. The van der Waals surface area contributed by atoms with Crippen molar-refractivity contribution in [2.75, 3.05) is 23.3 Å². The number of benzene rings is 1. The van der Waals surface area contributed by atoms with Gasteiger partial charge in [0.2, 0.25) is 5.95 Å². The first-order valence-electron chi connectivity index (χ1n) is 6.39. The summed E-state index contributed by atoms with van der Waals surface area (Å²) in [4.78, 5) is 6.32. The van der Waals surface area contributed by atoms with E-state index >= 15 is 0 Å². The fourth-order valence-corrected chi connectivity index (χ4v) is 2.13. The largest absolute Gasteiger partial charge is 0.339 e. The van der Waals surface area contributed by atoms with Gasteiger partial charge in [-0.05, 0) is 25.0 Å². The Morgan fingerprint density at radius 3 is 2.70 bits per heavy atom. The first kappa shape index (κ1) is 12.7. The molecular formula is C13H13F2N5.